The fourth-order valence-corrected chi connectivity index (χ4v) is 3.43. The van der Waals surface area contributed by atoms with Gasteiger partial charge in [-0.15, -0.1) is 11.3 Å². The summed E-state index contributed by atoms with van der Waals surface area (Å²) in [5.74, 6) is -0.963. The van der Waals surface area contributed by atoms with Crippen molar-refractivity contribution in [2.24, 2.45) is 0 Å². The number of thiazole rings is 1. The van der Waals surface area contributed by atoms with Crippen molar-refractivity contribution in [2.75, 3.05) is 5.32 Å². The highest BCUT2D eigenvalue weighted by atomic mass is 32.1. The summed E-state index contributed by atoms with van der Waals surface area (Å²) in [5.41, 5.74) is 3.77. The summed E-state index contributed by atoms with van der Waals surface area (Å²) < 4.78 is 5.23. The average molecular weight is 405 g/mol. The van der Waals surface area contributed by atoms with Gasteiger partial charge in [0.15, 0.2) is 6.10 Å². The first-order chi connectivity index (χ1) is 13.9. The first-order valence-corrected chi connectivity index (χ1v) is 9.84. The van der Waals surface area contributed by atoms with Crippen molar-refractivity contribution in [3.63, 3.8) is 0 Å². The number of hydrogen-bond donors (Lipinski definition) is 1. The minimum Gasteiger partial charge on any atom is -0.452 e. The fraction of sp³-hybridized carbons (Fsp3) is 0.182. The number of esters is 1. The zero-order chi connectivity index (χ0) is 20.8. The third-order valence-corrected chi connectivity index (χ3v) is 5.04. The van der Waals surface area contributed by atoms with Crippen LogP contribution in [0.5, 0.6) is 0 Å². The van der Waals surface area contributed by atoms with Gasteiger partial charge < -0.3 is 10.1 Å². The third kappa shape index (κ3) is 5.50. The van der Waals surface area contributed by atoms with E-state index in [1.807, 2.05) is 42.6 Å². The summed E-state index contributed by atoms with van der Waals surface area (Å²) in [4.78, 5) is 28.9. The van der Waals surface area contributed by atoms with Gasteiger partial charge in [0.25, 0.3) is 5.91 Å². The maximum atomic E-state index is 12.2. The normalized spacial score (nSPS) is 11.3. The van der Waals surface area contributed by atoms with E-state index < -0.39 is 18.0 Å². The van der Waals surface area contributed by atoms with Crippen molar-refractivity contribution < 1.29 is 14.3 Å². The molecular weight excluding hydrogens is 386 g/mol. The molecule has 0 saturated carbocycles. The van der Waals surface area contributed by atoms with Gasteiger partial charge in [-0.05, 0) is 44.2 Å². The highest BCUT2D eigenvalue weighted by molar-refractivity contribution is 7.13. The minimum absolute atomic E-state index is 0.00317. The van der Waals surface area contributed by atoms with E-state index in [1.54, 1.807) is 24.3 Å². The van der Waals surface area contributed by atoms with Crippen molar-refractivity contribution in [1.29, 1.82) is 5.26 Å². The van der Waals surface area contributed by atoms with Crippen molar-refractivity contribution in [3.05, 3.63) is 70.7 Å². The SMILES string of the molecule is Cc1cccc(-c2nc(CC(=O)O[C@@H](C)C(=O)Nc3ccc(C#N)cc3)cs2)c1. The van der Waals surface area contributed by atoms with Crippen LogP contribution < -0.4 is 5.32 Å². The molecule has 146 valence electrons. The van der Waals surface area contributed by atoms with Crippen molar-refractivity contribution in [1.82, 2.24) is 4.98 Å². The summed E-state index contributed by atoms with van der Waals surface area (Å²) in [6, 6.07) is 16.4. The molecule has 0 unspecified atom stereocenters. The highest BCUT2D eigenvalue weighted by Gasteiger charge is 2.19. The first kappa shape index (κ1) is 20.2. The molecule has 7 heteroatoms. The number of hydrogen-bond acceptors (Lipinski definition) is 6. The summed E-state index contributed by atoms with van der Waals surface area (Å²) in [7, 11) is 0. The molecule has 3 aromatic rings. The van der Waals surface area contributed by atoms with Gasteiger partial charge in [0.1, 0.15) is 5.01 Å². The van der Waals surface area contributed by atoms with Crippen LogP contribution >= 0.6 is 11.3 Å². The van der Waals surface area contributed by atoms with Gasteiger partial charge in [0, 0.05) is 16.6 Å². The van der Waals surface area contributed by atoms with Crippen LogP contribution in [0, 0.1) is 18.3 Å². The molecule has 0 aliphatic carbocycles. The second-order valence-electron chi connectivity index (χ2n) is 6.50. The number of nitrogens with zero attached hydrogens (tertiary/aromatic N) is 2. The number of rotatable bonds is 6. The number of amides is 1. The largest absolute Gasteiger partial charge is 0.452 e. The van der Waals surface area contributed by atoms with Crippen LogP contribution in [0.25, 0.3) is 10.6 Å². The number of nitrogens with one attached hydrogen (secondary N) is 1. The van der Waals surface area contributed by atoms with Crippen LogP contribution in [0.15, 0.2) is 53.9 Å². The number of aromatic nitrogens is 1. The van der Waals surface area contributed by atoms with E-state index in [4.69, 9.17) is 10.00 Å². The molecule has 0 saturated heterocycles. The molecule has 0 aliphatic rings. The van der Waals surface area contributed by atoms with Crippen LogP contribution in [0.1, 0.15) is 23.7 Å². The fourth-order valence-electron chi connectivity index (χ4n) is 2.61. The Kier molecular flexibility index (Phi) is 6.37. The minimum atomic E-state index is -0.951. The lowest BCUT2D eigenvalue weighted by Gasteiger charge is -2.13. The number of carbonyl (C=O) groups excluding carboxylic acids is 2. The first-order valence-electron chi connectivity index (χ1n) is 8.96. The van der Waals surface area contributed by atoms with Gasteiger partial charge in [-0.25, -0.2) is 4.98 Å². The van der Waals surface area contributed by atoms with Gasteiger partial charge in [0.05, 0.1) is 23.7 Å². The van der Waals surface area contributed by atoms with Crippen LogP contribution in [-0.4, -0.2) is 23.0 Å². The van der Waals surface area contributed by atoms with E-state index in [9.17, 15) is 9.59 Å². The van der Waals surface area contributed by atoms with Crippen LogP contribution in [0.2, 0.25) is 0 Å². The van der Waals surface area contributed by atoms with E-state index in [1.165, 1.54) is 18.3 Å². The standard InChI is InChI=1S/C22H19N3O3S/c1-14-4-3-5-17(10-14)22-25-19(13-29-22)11-20(26)28-15(2)21(27)24-18-8-6-16(12-23)7-9-18/h3-10,13,15H,11H2,1-2H3,(H,24,27)/t15-/m0/s1. The maximum absolute atomic E-state index is 12.2. The molecule has 0 bridgehead atoms. The Morgan fingerprint density at radius 2 is 2.00 bits per heavy atom. The topological polar surface area (TPSA) is 92.1 Å². The Labute approximate surface area is 172 Å². The van der Waals surface area contributed by atoms with Gasteiger partial charge in [-0.2, -0.15) is 5.26 Å². The number of ether oxygens (including phenoxy) is 1. The maximum Gasteiger partial charge on any atom is 0.312 e. The zero-order valence-electron chi connectivity index (χ0n) is 16.0. The molecule has 0 fully saturated rings. The van der Waals surface area contributed by atoms with E-state index in [-0.39, 0.29) is 6.42 Å². The number of nitriles is 1. The molecule has 1 atom stereocenters. The molecule has 0 spiro atoms. The lowest BCUT2D eigenvalue weighted by Crippen LogP contribution is -2.30. The Morgan fingerprint density at radius 1 is 1.24 bits per heavy atom. The third-order valence-electron chi connectivity index (χ3n) is 4.10. The van der Waals surface area contributed by atoms with Crippen molar-refractivity contribution in [2.45, 2.75) is 26.4 Å². The molecule has 6 nitrogen and oxygen atoms in total. The number of carbonyl (C=O) groups is 2. The van der Waals surface area contributed by atoms with Crippen molar-refractivity contribution >= 4 is 28.9 Å². The van der Waals surface area contributed by atoms with E-state index in [2.05, 4.69) is 10.3 Å². The van der Waals surface area contributed by atoms with E-state index >= 15 is 0 Å². The quantitative estimate of drug-likeness (QED) is 0.623. The number of aryl methyl sites for hydroxylation is 1. The van der Waals surface area contributed by atoms with Gasteiger partial charge in [-0.1, -0.05) is 23.8 Å². The molecule has 1 amide bonds. The van der Waals surface area contributed by atoms with Crippen LogP contribution in [0.4, 0.5) is 5.69 Å². The summed E-state index contributed by atoms with van der Waals surface area (Å²) in [6.07, 6.45) is -0.954. The predicted molar refractivity (Wildman–Crippen MR) is 111 cm³/mol. The van der Waals surface area contributed by atoms with Crippen LogP contribution in [-0.2, 0) is 20.7 Å². The Bertz CT molecular complexity index is 1070. The molecule has 0 radical (unpaired) electrons. The van der Waals surface area contributed by atoms with Gasteiger partial charge in [0.2, 0.25) is 0 Å². The monoisotopic (exact) mass is 405 g/mol. The molecule has 3 rings (SSSR count). The lowest BCUT2D eigenvalue weighted by molar-refractivity contribution is -0.152. The summed E-state index contributed by atoms with van der Waals surface area (Å²) in [6.45, 7) is 3.52. The van der Waals surface area contributed by atoms with Gasteiger partial charge in [-0.3, -0.25) is 9.59 Å². The van der Waals surface area contributed by atoms with E-state index in [0.717, 1.165) is 16.1 Å². The van der Waals surface area contributed by atoms with E-state index in [0.29, 0.717) is 16.9 Å². The zero-order valence-corrected chi connectivity index (χ0v) is 16.8. The van der Waals surface area contributed by atoms with Crippen LogP contribution in [0.3, 0.4) is 0 Å². The Hall–Kier alpha value is -3.50. The molecule has 1 aromatic heterocycles. The second kappa shape index (κ2) is 9.13. The smallest absolute Gasteiger partial charge is 0.312 e. The summed E-state index contributed by atoms with van der Waals surface area (Å²) >= 11 is 1.46. The molecule has 1 N–H and O–H groups in total. The number of benzene rings is 2. The molecule has 0 aliphatic heterocycles. The average Bonchev–Trinajstić information content (AvgIpc) is 3.16. The number of anilines is 1. The Balaban J connectivity index is 1.54. The molecule has 2 aromatic carbocycles. The summed E-state index contributed by atoms with van der Waals surface area (Å²) in [5, 5.41) is 14.1. The Morgan fingerprint density at radius 3 is 2.69 bits per heavy atom. The molecule has 1 heterocycles. The predicted octanol–water partition coefficient (Wildman–Crippen LogP) is 4.10. The lowest BCUT2D eigenvalue weighted by atomic mass is 10.1. The second-order valence-corrected chi connectivity index (χ2v) is 7.36. The van der Waals surface area contributed by atoms with Gasteiger partial charge >= 0.3 is 5.97 Å². The van der Waals surface area contributed by atoms with Crippen molar-refractivity contribution in [3.8, 4) is 16.6 Å². The molecular formula is C22H19N3O3S. The molecule has 29 heavy (non-hydrogen) atoms. The highest BCUT2D eigenvalue weighted by Crippen LogP contribution is 2.24.